The summed E-state index contributed by atoms with van der Waals surface area (Å²) in [5, 5.41) is 7.28. The lowest BCUT2D eigenvalue weighted by atomic mass is 10.2. The van der Waals surface area contributed by atoms with Gasteiger partial charge in [0.25, 0.3) is 0 Å². The van der Waals surface area contributed by atoms with Gasteiger partial charge in [0.1, 0.15) is 5.82 Å². The number of hydrogen-bond donors (Lipinski definition) is 2. The number of hydrogen-bond acceptors (Lipinski definition) is 3. The third-order valence-corrected chi connectivity index (χ3v) is 2.24. The zero-order valence-corrected chi connectivity index (χ0v) is 8.33. The van der Waals surface area contributed by atoms with Gasteiger partial charge in [0.15, 0.2) is 0 Å². The third-order valence-electron chi connectivity index (χ3n) is 2.24. The first-order chi connectivity index (χ1) is 6.83. The number of fused-ring (bicyclic) bond motifs is 1. The number of aromatic nitrogens is 1. The Labute approximate surface area is 83.2 Å². The second-order valence-corrected chi connectivity index (χ2v) is 3.10. The van der Waals surface area contributed by atoms with Gasteiger partial charge in [-0.25, -0.2) is 4.98 Å². The average molecular weight is 187 g/mol. The van der Waals surface area contributed by atoms with Crippen LogP contribution in [0.4, 0.5) is 11.5 Å². The predicted octanol–water partition coefficient (Wildman–Crippen LogP) is 2.32. The predicted molar refractivity (Wildman–Crippen MR) is 60.8 cm³/mol. The van der Waals surface area contributed by atoms with E-state index in [1.165, 1.54) is 0 Å². The quantitative estimate of drug-likeness (QED) is 0.757. The van der Waals surface area contributed by atoms with Crippen LogP contribution in [0.15, 0.2) is 30.3 Å². The average Bonchev–Trinajstić information content (AvgIpc) is 2.27. The van der Waals surface area contributed by atoms with Gasteiger partial charge in [0.2, 0.25) is 0 Å². The lowest BCUT2D eigenvalue weighted by Crippen LogP contribution is -1.93. The van der Waals surface area contributed by atoms with Crippen molar-refractivity contribution in [3.05, 3.63) is 30.3 Å². The molecule has 0 aliphatic carbocycles. The van der Waals surface area contributed by atoms with Crippen molar-refractivity contribution in [2.24, 2.45) is 0 Å². The van der Waals surface area contributed by atoms with Crippen molar-refractivity contribution in [1.82, 2.24) is 4.98 Å². The molecule has 0 aliphatic heterocycles. The molecule has 0 amide bonds. The van der Waals surface area contributed by atoms with E-state index < -0.39 is 0 Å². The van der Waals surface area contributed by atoms with E-state index in [2.05, 4.69) is 27.8 Å². The second-order valence-electron chi connectivity index (χ2n) is 3.10. The molecule has 0 saturated carbocycles. The minimum absolute atomic E-state index is 0.894. The second kappa shape index (κ2) is 3.54. The minimum Gasteiger partial charge on any atom is -0.388 e. The summed E-state index contributed by atoms with van der Waals surface area (Å²) in [6.07, 6.45) is 0. The molecule has 0 saturated heterocycles. The van der Waals surface area contributed by atoms with Gasteiger partial charge in [-0.1, -0.05) is 6.07 Å². The molecular weight excluding hydrogens is 174 g/mol. The molecule has 2 N–H and O–H groups in total. The van der Waals surface area contributed by atoms with Gasteiger partial charge in [-0.05, 0) is 24.3 Å². The maximum Gasteiger partial charge on any atom is 0.126 e. The molecule has 0 radical (unpaired) electrons. The number of nitrogens with zero attached hydrogens (tertiary/aromatic N) is 1. The Bertz CT molecular complexity index is 412. The summed E-state index contributed by atoms with van der Waals surface area (Å²) in [4.78, 5) is 4.45. The van der Waals surface area contributed by atoms with Crippen LogP contribution in [0, 0.1) is 0 Å². The summed E-state index contributed by atoms with van der Waals surface area (Å²) in [6, 6.07) is 10.2. The van der Waals surface area contributed by atoms with Crippen LogP contribution in [-0.4, -0.2) is 19.1 Å². The van der Waals surface area contributed by atoms with Crippen molar-refractivity contribution >= 4 is 22.4 Å². The van der Waals surface area contributed by atoms with Gasteiger partial charge < -0.3 is 10.6 Å². The summed E-state index contributed by atoms with van der Waals surface area (Å²) in [7, 11) is 3.78. The van der Waals surface area contributed by atoms with Crippen LogP contribution in [0.25, 0.3) is 10.9 Å². The standard InChI is InChI=1S/C11H13N3/c1-12-9-5-3-8-4-6-11(13-2)14-10(8)7-9/h3-7,12H,1-2H3,(H,13,14). The van der Waals surface area contributed by atoms with Crippen LogP contribution in [0.1, 0.15) is 0 Å². The normalized spacial score (nSPS) is 10.1. The minimum atomic E-state index is 0.894. The van der Waals surface area contributed by atoms with Gasteiger partial charge in [-0.15, -0.1) is 0 Å². The van der Waals surface area contributed by atoms with E-state index in [0.29, 0.717) is 0 Å². The first-order valence-corrected chi connectivity index (χ1v) is 4.60. The van der Waals surface area contributed by atoms with Crippen molar-refractivity contribution in [2.75, 3.05) is 24.7 Å². The molecule has 0 aliphatic rings. The molecule has 72 valence electrons. The molecule has 3 nitrogen and oxygen atoms in total. The van der Waals surface area contributed by atoms with Crippen LogP contribution < -0.4 is 10.6 Å². The first kappa shape index (κ1) is 8.81. The summed E-state index contributed by atoms with van der Waals surface area (Å²) in [5.41, 5.74) is 2.09. The number of anilines is 2. The fourth-order valence-corrected chi connectivity index (χ4v) is 1.41. The van der Waals surface area contributed by atoms with Gasteiger partial charge in [0, 0.05) is 25.2 Å². The van der Waals surface area contributed by atoms with Crippen molar-refractivity contribution in [1.29, 1.82) is 0 Å². The lowest BCUT2D eigenvalue weighted by molar-refractivity contribution is 1.34. The van der Waals surface area contributed by atoms with E-state index in [4.69, 9.17) is 0 Å². The highest BCUT2D eigenvalue weighted by atomic mass is 15.0. The highest BCUT2D eigenvalue weighted by molar-refractivity contribution is 5.83. The van der Waals surface area contributed by atoms with E-state index in [9.17, 15) is 0 Å². The molecular formula is C11H13N3. The van der Waals surface area contributed by atoms with Crippen LogP contribution >= 0.6 is 0 Å². The largest absolute Gasteiger partial charge is 0.388 e. The monoisotopic (exact) mass is 187 g/mol. The first-order valence-electron chi connectivity index (χ1n) is 4.60. The highest BCUT2D eigenvalue weighted by Gasteiger charge is 1.97. The zero-order chi connectivity index (χ0) is 9.97. The van der Waals surface area contributed by atoms with E-state index in [0.717, 1.165) is 22.4 Å². The van der Waals surface area contributed by atoms with Crippen molar-refractivity contribution in [3.8, 4) is 0 Å². The Morgan fingerprint density at radius 3 is 2.50 bits per heavy atom. The topological polar surface area (TPSA) is 37.0 Å². The number of rotatable bonds is 2. The SMILES string of the molecule is CNc1ccc2ccc(NC)nc2c1. The molecule has 0 spiro atoms. The summed E-state index contributed by atoms with van der Waals surface area (Å²) < 4.78 is 0. The van der Waals surface area contributed by atoms with Crippen molar-refractivity contribution in [3.63, 3.8) is 0 Å². The van der Waals surface area contributed by atoms with Crippen LogP contribution in [0.5, 0.6) is 0 Å². The van der Waals surface area contributed by atoms with E-state index in [1.54, 1.807) is 0 Å². The fourth-order valence-electron chi connectivity index (χ4n) is 1.41. The van der Waals surface area contributed by atoms with Gasteiger partial charge in [-0.3, -0.25) is 0 Å². The Balaban J connectivity index is 2.60. The molecule has 2 rings (SSSR count). The molecule has 3 heteroatoms. The third kappa shape index (κ3) is 1.48. The van der Waals surface area contributed by atoms with Crippen LogP contribution in [0.3, 0.4) is 0 Å². The summed E-state index contributed by atoms with van der Waals surface area (Å²) >= 11 is 0. The van der Waals surface area contributed by atoms with E-state index >= 15 is 0 Å². The van der Waals surface area contributed by atoms with Gasteiger partial charge >= 0.3 is 0 Å². The maximum absolute atomic E-state index is 4.45. The van der Waals surface area contributed by atoms with E-state index in [1.807, 2.05) is 32.3 Å². The molecule has 0 fully saturated rings. The Hall–Kier alpha value is -1.77. The maximum atomic E-state index is 4.45. The number of pyridine rings is 1. The Kier molecular flexibility index (Phi) is 2.23. The highest BCUT2D eigenvalue weighted by Crippen LogP contribution is 2.18. The van der Waals surface area contributed by atoms with E-state index in [-0.39, 0.29) is 0 Å². The van der Waals surface area contributed by atoms with Crippen molar-refractivity contribution < 1.29 is 0 Å². The molecule has 0 bridgehead atoms. The number of benzene rings is 1. The molecule has 14 heavy (non-hydrogen) atoms. The van der Waals surface area contributed by atoms with Gasteiger partial charge in [-0.2, -0.15) is 0 Å². The van der Waals surface area contributed by atoms with Crippen LogP contribution in [-0.2, 0) is 0 Å². The van der Waals surface area contributed by atoms with Gasteiger partial charge in [0.05, 0.1) is 5.52 Å². The molecule has 1 aromatic carbocycles. The summed E-state index contributed by atoms with van der Waals surface area (Å²) in [6.45, 7) is 0. The molecule has 2 aromatic rings. The summed E-state index contributed by atoms with van der Waals surface area (Å²) in [5.74, 6) is 0.894. The Morgan fingerprint density at radius 1 is 1.00 bits per heavy atom. The number of nitrogens with one attached hydrogen (secondary N) is 2. The Morgan fingerprint density at radius 2 is 1.79 bits per heavy atom. The fraction of sp³-hybridized carbons (Fsp3) is 0.182. The van der Waals surface area contributed by atoms with Crippen molar-refractivity contribution in [2.45, 2.75) is 0 Å². The molecule has 1 aromatic heterocycles. The smallest absolute Gasteiger partial charge is 0.126 e. The zero-order valence-electron chi connectivity index (χ0n) is 8.33. The van der Waals surface area contributed by atoms with Crippen LogP contribution in [0.2, 0.25) is 0 Å². The molecule has 1 heterocycles. The molecule has 0 atom stereocenters. The lowest BCUT2D eigenvalue weighted by Gasteiger charge is -2.04. The molecule has 0 unspecified atom stereocenters.